The molecule has 26 heavy (non-hydrogen) atoms. The topological polar surface area (TPSA) is 59.8 Å². The predicted octanol–water partition coefficient (Wildman–Crippen LogP) is 3.69. The van der Waals surface area contributed by atoms with Crippen LogP contribution in [0, 0.1) is 13.8 Å². The molecule has 2 heterocycles. The molecule has 134 valence electrons. The van der Waals surface area contributed by atoms with Crippen LogP contribution in [0.2, 0.25) is 0 Å². The second kappa shape index (κ2) is 7.95. The molecule has 3 rings (SSSR count). The van der Waals surface area contributed by atoms with Crippen LogP contribution in [0.3, 0.4) is 0 Å². The summed E-state index contributed by atoms with van der Waals surface area (Å²) in [7, 11) is 0. The molecule has 1 atom stereocenters. The van der Waals surface area contributed by atoms with E-state index in [1.165, 1.54) is 0 Å². The van der Waals surface area contributed by atoms with Crippen molar-refractivity contribution in [3.8, 4) is 5.69 Å². The van der Waals surface area contributed by atoms with Gasteiger partial charge >= 0.3 is 0 Å². The number of hydrogen-bond acceptors (Lipinski definition) is 3. The van der Waals surface area contributed by atoms with Crippen molar-refractivity contribution in [3.05, 3.63) is 77.4 Å². The van der Waals surface area contributed by atoms with E-state index in [4.69, 9.17) is 0 Å². The van der Waals surface area contributed by atoms with Gasteiger partial charge in [0.05, 0.1) is 17.4 Å². The third-order valence-corrected chi connectivity index (χ3v) is 4.39. The first-order chi connectivity index (χ1) is 12.5. The van der Waals surface area contributed by atoms with Crippen LogP contribution in [0.4, 0.5) is 0 Å². The van der Waals surface area contributed by atoms with Crippen LogP contribution in [0.15, 0.2) is 54.9 Å². The SMILES string of the molecule is Cc1cc(C)n(-c2ccc([C@H](C)NC(=O)CCc3cccnc3)cc2)n1. The molecule has 0 saturated carbocycles. The second-order valence-electron chi connectivity index (χ2n) is 6.58. The van der Waals surface area contributed by atoms with Crippen LogP contribution >= 0.6 is 0 Å². The van der Waals surface area contributed by atoms with Crippen molar-refractivity contribution in [1.82, 2.24) is 20.1 Å². The van der Waals surface area contributed by atoms with E-state index in [0.29, 0.717) is 12.8 Å². The summed E-state index contributed by atoms with van der Waals surface area (Å²) in [6.45, 7) is 6.03. The minimum Gasteiger partial charge on any atom is -0.350 e. The molecule has 1 aromatic carbocycles. The Balaban J connectivity index is 1.58. The van der Waals surface area contributed by atoms with Gasteiger partial charge in [-0.2, -0.15) is 5.10 Å². The summed E-state index contributed by atoms with van der Waals surface area (Å²) in [5, 5.41) is 7.56. The Morgan fingerprint density at radius 3 is 2.58 bits per heavy atom. The molecule has 0 spiro atoms. The van der Waals surface area contributed by atoms with Gasteiger partial charge in [0.1, 0.15) is 0 Å². The van der Waals surface area contributed by atoms with Crippen LogP contribution in [-0.2, 0) is 11.2 Å². The van der Waals surface area contributed by atoms with Crippen molar-refractivity contribution < 1.29 is 4.79 Å². The zero-order valence-corrected chi connectivity index (χ0v) is 15.4. The first kappa shape index (κ1) is 17.9. The van der Waals surface area contributed by atoms with Crippen LogP contribution in [0.25, 0.3) is 5.69 Å². The number of nitrogens with zero attached hydrogens (tertiary/aromatic N) is 3. The number of carbonyl (C=O) groups is 1. The molecule has 5 heteroatoms. The number of aromatic nitrogens is 3. The lowest BCUT2D eigenvalue weighted by atomic mass is 10.1. The number of nitrogens with one attached hydrogen (secondary N) is 1. The van der Waals surface area contributed by atoms with Crippen molar-refractivity contribution in [2.24, 2.45) is 0 Å². The van der Waals surface area contributed by atoms with Crippen molar-refractivity contribution in [3.63, 3.8) is 0 Å². The fraction of sp³-hybridized carbons (Fsp3) is 0.286. The average Bonchev–Trinajstić information content (AvgIpc) is 2.99. The molecule has 1 amide bonds. The molecule has 0 fully saturated rings. The molecule has 0 aliphatic heterocycles. The monoisotopic (exact) mass is 348 g/mol. The highest BCUT2D eigenvalue weighted by molar-refractivity contribution is 5.76. The quantitative estimate of drug-likeness (QED) is 0.739. The van der Waals surface area contributed by atoms with Gasteiger partial charge in [0.15, 0.2) is 0 Å². The van der Waals surface area contributed by atoms with E-state index in [9.17, 15) is 4.79 Å². The normalized spacial score (nSPS) is 12.0. The minimum absolute atomic E-state index is 0.0362. The maximum atomic E-state index is 12.2. The van der Waals surface area contributed by atoms with Gasteiger partial charge in [-0.3, -0.25) is 9.78 Å². The minimum atomic E-state index is -0.0362. The summed E-state index contributed by atoms with van der Waals surface area (Å²) < 4.78 is 1.93. The number of aryl methyl sites for hydroxylation is 3. The van der Waals surface area contributed by atoms with E-state index < -0.39 is 0 Å². The molecule has 0 bridgehead atoms. The van der Waals surface area contributed by atoms with E-state index in [2.05, 4.69) is 21.5 Å². The third kappa shape index (κ3) is 4.36. The fourth-order valence-corrected chi connectivity index (χ4v) is 3.00. The summed E-state index contributed by atoms with van der Waals surface area (Å²) >= 11 is 0. The lowest BCUT2D eigenvalue weighted by Gasteiger charge is -2.15. The smallest absolute Gasteiger partial charge is 0.220 e. The van der Waals surface area contributed by atoms with Crippen LogP contribution in [0.5, 0.6) is 0 Å². The van der Waals surface area contributed by atoms with Gasteiger partial charge in [-0.15, -0.1) is 0 Å². The van der Waals surface area contributed by atoms with Gasteiger partial charge in [-0.1, -0.05) is 18.2 Å². The highest BCUT2D eigenvalue weighted by Crippen LogP contribution is 2.17. The number of amides is 1. The largest absolute Gasteiger partial charge is 0.350 e. The first-order valence-electron chi connectivity index (χ1n) is 8.85. The molecule has 0 aliphatic carbocycles. The molecule has 0 saturated heterocycles. The maximum Gasteiger partial charge on any atom is 0.220 e. The third-order valence-electron chi connectivity index (χ3n) is 4.39. The predicted molar refractivity (Wildman–Crippen MR) is 102 cm³/mol. The number of benzene rings is 1. The Morgan fingerprint density at radius 1 is 1.19 bits per heavy atom. The van der Waals surface area contributed by atoms with E-state index in [1.54, 1.807) is 12.4 Å². The van der Waals surface area contributed by atoms with Gasteiger partial charge in [0.2, 0.25) is 5.91 Å². The Hall–Kier alpha value is -2.95. The number of pyridine rings is 1. The van der Waals surface area contributed by atoms with Gasteiger partial charge < -0.3 is 5.32 Å². The molecule has 0 aliphatic rings. The molecule has 0 radical (unpaired) electrons. The Morgan fingerprint density at radius 2 is 1.96 bits per heavy atom. The summed E-state index contributed by atoms with van der Waals surface area (Å²) in [4.78, 5) is 16.3. The summed E-state index contributed by atoms with van der Waals surface area (Å²) in [6.07, 6.45) is 4.69. The highest BCUT2D eigenvalue weighted by atomic mass is 16.1. The van der Waals surface area contributed by atoms with Gasteiger partial charge in [-0.25, -0.2) is 4.68 Å². The van der Waals surface area contributed by atoms with Crippen LogP contribution < -0.4 is 5.32 Å². The Labute approximate surface area is 154 Å². The summed E-state index contributed by atoms with van der Waals surface area (Å²) in [5.74, 6) is 0.0453. The van der Waals surface area contributed by atoms with E-state index in [-0.39, 0.29) is 11.9 Å². The molecule has 3 aromatic rings. The van der Waals surface area contributed by atoms with Gasteiger partial charge in [-0.05, 0) is 62.6 Å². The van der Waals surface area contributed by atoms with Crippen molar-refractivity contribution >= 4 is 5.91 Å². The highest BCUT2D eigenvalue weighted by Gasteiger charge is 2.11. The van der Waals surface area contributed by atoms with Crippen molar-refractivity contribution in [2.75, 3.05) is 0 Å². The Bertz CT molecular complexity index is 869. The number of hydrogen-bond donors (Lipinski definition) is 1. The van der Waals surface area contributed by atoms with Gasteiger partial charge in [0, 0.05) is 24.5 Å². The first-order valence-corrected chi connectivity index (χ1v) is 8.85. The van der Waals surface area contributed by atoms with Crippen molar-refractivity contribution in [1.29, 1.82) is 0 Å². The molecule has 5 nitrogen and oxygen atoms in total. The Kier molecular flexibility index (Phi) is 5.46. The lowest BCUT2D eigenvalue weighted by molar-refractivity contribution is -0.121. The number of carbonyl (C=O) groups excluding carboxylic acids is 1. The number of rotatable bonds is 6. The maximum absolute atomic E-state index is 12.2. The molecular weight excluding hydrogens is 324 g/mol. The molecule has 0 unspecified atom stereocenters. The second-order valence-corrected chi connectivity index (χ2v) is 6.58. The summed E-state index contributed by atoms with van der Waals surface area (Å²) in [5.41, 5.74) is 5.27. The fourth-order valence-electron chi connectivity index (χ4n) is 3.00. The zero-order valence-electron chi connectivity index (χ0n) is 15.4. The summed E-state index contributed by atoms with van der Waals surface area (Å²) in [6, 6.07) is 14.0. The van der Waals surface area contributed by atoms with Crippen LogP contribution in [-0.4, -0.2) is 20.7 Å². The lowest BCUT2D eigenvalue weighted by Crippen LogP contribution is -2.26. The zero-order chi connectivity index (χ0) is 18.5. The van der Waals surface area contributed by atoms with Crippen molar-refractivity contribution in [2.45, 2.75) is 39.7 Å². The standard InChI is InChI=1S/C21H24N4O/c1-15-13-16(2)25(24-15)20-9-7-19(8-10-20)17(3)23-21(26)11-6-18-5-4-12-22-14-18/h4-5,7-10,12-14,17H,6,11H2,1-3H3,(H,23,26)/t17-/m0/s1. The van der Waals surface area contributed by atoms with E-state index in [1.807, 2.05) is 61.9 Å². The molecule has 2 aromatic heterocycles. The molecule has 1 N–H and O–H groups in total. The van der Waals surface area contributed by atoms with Crippen LogP contribution in [0.1, 0.15) is 41.9 Å². The van der Waals surface area contributed by atoms with E-state index >= 15 is 0 Å². The average molecular weight is 348 g/mol. The van der Waals surface area contributed by atoms with E-state index in [0.717, 1.165) is 28.2 Å². The molecular formula is C21H24N4O. The van der Waals surface area contributed by atoms with Gasteiger partial charge in [0.25, 0.3) is 0 Å².